The molecule has 0 atom stereocenters. The molecule has 0 aliphatic heterocycles. The Balaban J connectivity index is 2.09. The summed E-state index contributed by atoms with van der Waals surface area (Å²) in [5.41, 5.74) is 0.836. The molecule has 22 heavy (non-hydrogen) atoms. The van der Waals surface area contributed by atoms with Crippen LogP contribution in [0.25, 0.3) is 32.8 Å². The molecule has 0 spiro atoms. The first-order valence-corrected chi connectivity index (χ1v) is 6.96. The van der Waals surface area contributed by atoms with Crippen LogP contribution in [-0.2, 0) is 0 Å². The van der Waals surface area contributed by atoms with Crippen LogP contribution in [-0.4, -0.2) is 4.98 Å². The van der Waals surface area contributed by atoms with Crippen LogP contribution >= 0.6 is 0 Å². The Hall–Kier alpha value is -2.81. The molecule has 4 rings (SSSR count). The molecule has 1 aromatic heterocycles. The van der Waals surface area contributed by atoms with Crippen molar-refractivity contribution in [2.45, 2.75) is 0 Å². The van der Waals surface area contributed by atoms with E-state index in [1.165, 1.54) is 12.1 Å². The summed E-state index contributed by atoms with van der Waals surface area (Å²) in [5.74, 6) is -1.19. The third kappa shape index (κ3) is 1.94. The fraction of sp³-hybridized carbons (Fsp3) is 0. The van der Waals surface area contributed by atoms with Gasteiger partial charge in [0.05, 0.1) is 5.69 Å². The van der Waals surface area contributed by atoms with Crippen LogP contribution in [0.3, 0.4) is 0 Å². The Labute approximate surface area is 125 Å². The van der Waals surface area contributed by atoms with E-state index in [0.29, 0.717) is 11.3 Å². The molecule has 0 aliphatic rings. The van der Waals surface area contributed by atoms with E-state index >= 15 is 0 Å². The van der Waals surface area contributed by atoms with E-state index in [0.717, 1.165) is 27.6 Å². The molecule has 3 heteroatoms. The summed E-state index contributed by atoms with van der Waals surface area (Å²) in [7, 11) is 0. The molecule has 1 nitrogen and oxygen atoms in total. The number of hydrogen-bond acceptors (Lipinski definition) is 1. The first kappa shape index (κ1) is 12.9. The van der Waals surface area contributed by atoms with E-state index in [2.05, 4.69) is 4.98 Å². The van der Waals surface area contributed by atoms with Gasteiger partial charge >= 0.3 is 0 Å². The van der Waals surface area contributed by atoms with Crippen LogP contribution < -0.4 is 0 Å². The average molecular weight is 291 g/mol. The highest BCUT2D eigenvalue weighted by Gasteiger charge is 2.12. The fourth-order valence-corrected chi connectivity index (χ4v) is 2.83. The largest absolute Gasteiger partial charge is 0.255 e. The summed E-state index contributed by atoms with van der Waals surface area (Å²) in [5, 5.41) is 4.07. The van der Waals surface area contributed by atoms with Gasteiger partial charge < -0.3 is 0 Å². The van der Waals surface area contributed by atoms with Gasteiger partial charge in [-0.15, -0.1) is 0 Å². The highest BCUT2D eigenvalue weighted by molar-refractivity contribution is 6.11. The molecule has 0 N–H and O–H groups in total. The molecule has 0 saturated carbocycles. The second kappa shape index (κ2) is 4.88. The zero-order valence-electron chi connectivity index (χ0n) is 11.6. The fourth-order valence-electron chi connectivity index (χ4n) is 2.83. The van der Waals surface area contributed by atoms with Crippen molar-refractivity contribution >= 4 is 21.5 Å². The molecule has 106 valence electrons. The molecule has 0 fully saturated rings. The molecule has 0 unspecified atom stereocenters. The van der Waals surface area contributed by atoms with Gasteiger partial charge in [0.2, 0.25) is 0 Å². The number of aromatic nitrogens is 1. The predicted molar refractivity (Wildman–Crippen MR) is 84.6 cm³/mol. The Morgan fingerprint density at radius 1 is 0.727 bits per heavy atom. The Morgan fingerprint density at radius 3 is 2.45 bits per heavy atom. The lowest BCUT2D eigenvalue weighted by atomic mass is 9.98. The van der Waals surface area contributed by atoms with E-state index in [9.17, 15) is 8.78 Å². The molecule has 0 amide bonds. The topological polar surface area (TPSA) is 12.9 Å². The van der Waals surface area contributed by atoms with E-state index in [4.69, 9.17) is 0 Å². The van der Waals surface area contributed by atoms with Crippen molar-refractivity contribution in [3.8, 4) is 11.3 Å². The van der Waals surface area contributed by atoms with E-state index in [1.54, 1.807) is 6.20 Å². The number of nitrogens with zero attached hydrogens (tertiary/aromatic N) is 1. The zero-order valence-corrected chi connectivity index (χ0v) is 11.6. The standard InChI is InChI=1S/C19H11F2N/c20-13-6-8-17(18(21)11-13)19-16-7-5-12-3-1-2-4-14(12)15(16)9-10-22-19/h1-11H. The van der Waals surface area contributed by atoms with Crippen LogP contribution in [0, 0.1) is 11.6 Å². The number of fused-ring (bicyclic) bond motifs is 3. The van der Waals surface area contributed by atoms with Gasteiger partial charge in [0, 0.05) is 23.2 Å². The molecule has 0 saturated heterocycles. The lowest BCUT2D eigenvalue weighted by Crippen LogP contribution is -1.91. The van der Waals surface area contributed by atoms with Crippen molar-refractivity contribution in [1.29, 1.82) is 0 Å². The molecule has 4 aromatic rings. The van der Waals surface area contributed by atoms with Gasteiger partial charge in [-0.05, 0) is 34.4 Å². The van der Waals surface area contributed by atoms with Crippen LogP contribution in [0.5, 0.6) is 0 Å². The quantitative estimate of drug-likeness (QED) is 0.432. The van der Waals surface area contributed by atoms with Gasteiger partial charge in [0.1, 0.15) is 11.6 Å². The first-order chi connectivity index (χ1) is 10.7. The van der Waals surface area contributed by atoms with Crippen LogP contribution in [0.4, 0.5) is 8.78 Å². The summed E-state index contributed by atoms with van der Waals surface area (Å²) >= 11 is 0. The lowest BCUT2D eigenvalue weighted by molar-refractivity contribution is 0.585. The third-order valence-electron chi connectivity index (χ3n) is 3.86. The minimum atomic E-state index is -0.604. The van der Waals surface area contributed by atoms with Crippen molar-refractivity contribution < 1.29 is 8.78 Å². The van der Waals surface area contributed by atoms with E-state index in [-0.39, 0.29) is 0 Å². The van der Waals surface area contributed by atoms with Crippen molar-refractivity contribution in [2.75, 3.05) is 0 Å². The van der Waals surface area contributed by atoms with Crippen LogP contribution in [0.1, 0.15) is 0 Å². The number of hydrogen-bond donors (Lipinski definition) is 0. The van der Waals surface area contributed by atoms with E-state index in [1.807, 2.05) is 42.5 Å². The van der Waals surface area contributed by atoms with E-state index < -0.39 is 11.6 Å². The normalized spacial score (nSPS) is 11.2. The number of halogens is 2. The summed E-state index contributed by atoms with van der Waals surface area (Å²) in [6, 6.07) is 17.4. The summed E-state index contributed by atoms with van der Waals surface area (Å²) < 4.78 is 27.2. The smallest absolute Gasteiger partial charge is 0.135 e. The van der Waals surface area contributed by atoms with Crippen molar-refractivity contribution in [2.24, 2.45) is 0 Å². The summed E-state index contributed by atoms with van der Waals surface area (Å²) in [6.07, 6.45) is 1.66. The van der Waals surface area contributed by atoms with Gasteiger partial charge in [0.15, 0.2) is 0 Å². The zero-order chi connectivity index (χ0) is 15.1. The Bertz CT molecular complexity index is 1010. The number of pyridine rings is 1. The third-order valence-corrected chi connectivity index (χ3v) is 3.86. The molecule has 3 aromatic carbocycles. The SMILES string of the molecule is Fc1ccc(-c2nccc3c2ccc2ccccc23)c(F)c1. The van der Waals surface area contributed by atoms with Gasteiger partial charge in [-0.2, -0.15) is 0 Å². The molecule has 0 aliphatic carbocycles. The van der Waals surface area contributed by atoms with Crippen LogP contribution in [0.2, 0.25) is 0 Å². The number of benzene rings is 3. The maximum Gasteiger partial charge on any atom is 0.135 e. The number of rotatable bonds is 1. The Morgan fingerprint density at radius 2 is 1.59 bits per heavy atom. The van der Waals surface area contributed by atoms with Crippen molar-refractivity contribution in [3.63, 3.8) is 0 Å². The summed E-state index contributed by atoms with van der Waals surface area (Å²) in [4.78, 5) is 4.31. The first-order valence-electron chi connectivity index (χ1n) is 6.96. The molecular formula is C19H11F2N. The van der Waals surface area contributed by atoms with Gasteiger partial charge in [-0.25, -0.2) is 8.78 Å². The monoisotopic (exact) mass is 291 g/mol. The molecule has 1 heterocycles. The minimum absolute atomic E-state index is 0.308. The lowest BCUT2D eigenvalue weighted by Gasteiger charge is -2.09. The second-order valence-corrected chi connectivity index (χ2v) is 5.17. The second-order valence-electron chi connectivity index (χ2n) is 5.17. The maximum absolute atomic E-state index is 14.1. The van der Waals surface area contributed by atoms with Gasteiger partial charge in [-0.1, -0.05) is 36.4 Å². The van der Waals surface area contributed by atoms with Crippen molar-refractivity contribution in [3.05, 3.63) is 78.5 Å². The minimum Gasteiger partial charge on any atom is -0.255 e. The van der Waals surface area contributed by atoms with Gasteiger partial charge in [-0.3, -0.25) is 4.98 Å². The predicted octanol–water partition coefficient (Wildman–Crippen LogP) is 5.33. The maximum atomic E-state index is 14.1. The Kier molecular flexibility index (Phi) is 2.86. The highest BCUT2D eigenvalue weighted by atomic mass is 19.1. The van der Waals surface area contributed by atoms with Crippen molar-refractivity contribution in [1.82, 2.24) is 4.98 Å². The highest BCUT2D eigenvalue weighted by Crippen LogP contribution is 2.32. The molecular weight excluding hydrogens is 280 g/mol. The van der Waals surface area contributed by atoms with Crippen LogP contribution in [0.15, 0.2) is 66.9 Å². The molecule has 0 bridgehead atoms. The molecule has 0 radical (unpaired) electrons. The summed E-state index contributed by atoms with van der Waals surface area (Å²) in [6.45, 7) is 0. The average Bonchev–Trinajstić information content (AvgIpc) is 2.54. The van der Waals surface area contributed by atoms with Gasteiger partial charge in [0.25, 0.3) is 0 Å².